The Bertz CT molecular complexity index is 581. The molecule has 1 aromatic rings. The minimum atomic E-state index is -1.12. The van der Waals surface area contributed by atoms with Gasteiger partial charge in [-0.05, 0) is 19.1 Å². The topological polar surface area (TPSA) is 99.6 Å². The van der Waals surface area contributed by atoms with E-state index in [0.29, 0.717) is 5.56 Å². The van der Waals surface area contributed by atoms with Crippen LogP contribution >= 0.6 is 0 Å². The van der Waals surface area contributed by atoms with Crippen LogP contribution in [0.25, 0.3) is 6.08 Å². The smallest absolute Gasteiger partial charge is 0.328 e. The zero-order chi connectivity index (χ0) is 16.0. The number of aromatic nitrogens is 1. The van der Waals surface area contributed by atoms with E-state index in [9.17, 15) is 14.4 Å². The van der Waals surface area contributed by atoms with Crippen molar-refractivity contribution >= 4 is 23.9 Å². The van der Waals surface area contributed by atoms with Gasteiger partial charge in [0, 0.05) is 31.9 Å². The van der Waals surface area contributed by atoms with Gasteiger partial charge in [0.2, 0.25) is 5.91 Å². The van der Waals surface area contributed by atoms with E-state index in [4.69, 9.17) is 5.11 Å². The molecule has 1 rings (SSSR count). The average molecular weight is 291 g/mol. The van der Waals surface area contributed by atoms with Gasteiger partial charge in [-0.25, -0.2) is 4.79 Å². The van der Waals surface area contributed by atoms with Crippen LogP contribution in [0.15, 0.2) is 24.4 Å². The van der Waals surface area contributed by atoms with Crippen molar-refractivity contribution < 1.29 is 19.5 Å². The van der Waals surface area contributed by atoms with Gasteiger partial charge in [0.25, 0.3) is 5.91 Å². The minimum absolute atomic E-state index is 0.0633. The van der Waals surface area contributed by atoms with Crippen molar-refractivity contribution in [3.63, 3.8) is 0 Å². The monoisotopic (exact) mass is 291 g/mol. The number of nitrogens with one attached hydrogen (secondary N) is 1. The molecule has 1 atom stereocenters. The lowest BCUT2D eigenvalue weighted by atomic mass is 10.1. The number of carboxylic acids is 1. The van der Waals surface area contributed by atoms with Gasteiger partial charge in [-0.3, -0.25) is 14.6 Å². The number of carbonyl (C=O) groups is 3. The zero-order valence-electron chi connectivity index (χ0n) is 12.0. The molecular weight excluding hydrogens is 274 g/mol. The van der Waals surface area contributed by atoms with E-state index in [-0.39, 0.29) is 11.6 Å². The van der Waals surface area contributed by atoms with E-state index in [1.165, 1.54) is 17.2 Å². The molecule has 0 aliphatic heterocycles. The van der Waals surface area contributed by atoms with Gasteiger partial charge in [-0.2, -0.15) is 0 Å². The van der Waals surface area contributed by atoms with E-state index in [2.05, 4.69) is 10.3 Å². The highest BCUT2D eigenvalue weighted by Crippen LogP contribution is 2.08. The van der Waals surface area contributed by atoms with Crippen LogP contribution in [0.4, 0.5) is 0 Å². The second kappa shape index (κ2) is 7.18. The molecule has 0 spiro atoms. The number of pyridine rings is 1. The normalized spacial score (nSPS) is 12.0. The standard InChI is InChI=1S/C14H17N3O4/c1-9(14(21)17(2)3)16-13(20)12-10(5-4-8-15-12)6-7-11(18)19/h4-9H,1-3H3,(H,16,20)(H,18,19)/b7-6+. The number of aliphatic carboxylic acids is 1. The Hall–Kier alpha value is -2.70. The molecule has 1 heterocycles. The molecule has 7 nitrogen and oxygen atoms in total. The van der Waals surface area contributed by atoms with E-state index in [1.54, 1.807) is 33.2 Å². The minimum Gasteiger partial charge on any atom is -0.478 e. The molecule has 112 valence electrons. The van der Waals surface area contributed by atoms with Crippen LogP contribution in [0.2, 0.25) is 0 Å². The summed E-state index contributed by atoms with van der Waals surface area (Å²) in [6, 6.07) is 2.46. The Morgan fingerprint density at radius 1 is 1.38 bits per heavy atom. The molecule has 21 heavy (non-hydrogen) atoms. The fourth-order valence-corrected chi connectivity index (χ4v) is 1.62. The number of hydrogen-bond acceptors (Lipinski definition) is 4. The van der Waals surface area contributed by atoms with Crippen LogP contribution in [-0.2, 0) is 9.59 Å². The lowest BCUT2D eigenvalue weighted by Crippen LogP contribution is -2.44. The molecule has 0 aliphatic carbocycles. The van der Waals surface area contributed by atoms with Crippen LogP contribution in [0.3, 0.4) is 0 Å². The molecule has 1 aromatic heterocycles. The molecule has 2 N–H and O–H groups in total. The van der Waals surface area contributed by atoms with Crippen molar-refractivity contribution in [2.45, 2.75) is 13.0 Å². The first kappa shape index (κ1) is 16.4. The number of carbonyl (C=O) groups excluding carboxylic acids is 2. The predicted octanol–water partition coefficient (Wildman–Crippen LogP) is 0.386. The van der Waals surface area contributed by atoms with Gasteiger partial charge in [0.05, 0.1) is 0 Å². The maximum absolute atomic E-state index is 12.1. The van der Waals surface area contributed by atoms with Crippen molar-refractivity contribution in [3.05, 3.63) is 35.7 Å². The van der Waals surface area contributed by atoms with E-state index >= 15 is 0 Å². The summed E-state index contributed by atoms with van der Waals surface area (Å²) >= 11 is 0. The number of carboxylic acid groups (broad SMARTS) is 1. The maximum Gasteiger partial charge on any atom is 0.328 e. The second-order valence-corrected chi connectivity index (χ2v) is 4.54. The second-order valence-electron chi connectivity index (χ2n) is 4.54. The highest BCUT2D eigenvalue weighted by atomic mass is 16.4. The Labute approximate surface area is 122 Å². The van der Waals surface area contributed by atoms with Gasteiger partial charge < -0.3 is 15.3 Å². The van der Waals surface area contributed by atoms with Gasteiger partial charge in [0.15, 0.2) is 0 Å². The number of hydrogen-bond donors (Lipinski definition) is 2. The summed E-state index contributed by atoms with van der Waals surface area (Å²) in [7, 11) is 3.18. The van der Waals surface area contributed by atoms with Crippen LogP contribution in [0.5, 0.6) is 0 Å². The molecular formula is C14H17N3O4. The molecule has 1 unspecified atom stereocenters. The molecule has 0 saturated heterocycles. The van der Waals surface area contributed by atoms with Crippen LogP contribution < -0.4 is 5.32 Å². The van der Waals surface area contributed by atoms with Crippen molar-refractivity contribution in [2.24, 2.45) is 0 Å². The summed E-state index contributed by atoms with van der Waals surface area (Å²) in [5, 5.41) is 11.2. The number of nitrogens with zero attached hydrogens (tertiary/aromatic N) is 2. The highest BCUT2D eigenvalue weighted by molar-refractivity contribution is 5.99. The predicted molar refractivity (Wildman–Crippen MR) is 76.5 cm³/mol. The molecule has 7 heteroatoms. The fraction of sp³-hybridized carbons (Fsp3) is 0.286. The fourth-order valence-electron chi connectivity index (χ4n) is 1.62. The summed E-state index contributed by atoms with van der Waals surface area (Å²) < 4.78 is 0. The first-order valence-corrected chi connectivity index (χ1v) is 6.21. The Balaban J connectivity index is 2.93. The molecule has 0 saturated carbocycles. The van der Waals surface area contributed by atoms with Crippen molar-refractivity contribution in [3.8, 4) is 0 Å². The Kier molecular flexibility index (Phi) is 5.59. The summed E-state index contributed by atoms with van der Waals surface area (Å²) in [5.41, 5.74) is 0.426. The quantitative estimate of drug-likeness (QED) is 0.764. The molecule has 0 fully saturated rings. The van der Waals surface area contributed by atoms with Crippen LogP contribution in [-0.4, -0.2) is 52.9 Å². The number of rotatable bonds is 5. The number of amides is 2. The third-order valence-electron chi connectivity index (χ3n) is 2.62. The molecule has 2 amide bonds. The average Bonchev–Trinajstić information content (AvgIpc) is 2.44. The van der Waals surface area contributed by atoms with Crippen LogP contribution in [0.1, 0.15) is 23.0 Å². The lowest BCUT2D eigenvalue weighted by molar-refractivity contribution is -0.131. The summed E-state index contributed by atoms with van der Waals surface area (Å²) in [5.74, 6) is -1.91. The molecule has 0 bridgehead atoms. The van der Waals surface area contributed by atoms with Gasteiger partial charge in [-0.1, -0.05) is 6.07 Å². The van der Waals surface area contributed by atoms with Crippen LogP contribution in [0, 0.1) is 0 Å². The maximum atomic E-state index is 12.1. The molecule has 0 radical (unpaired) electrons. The summed E-state index contributed by atoms with van der Waals surface area (Å²) in [4.78, 5) is 39.7. The van der Waals surface area contributed by atoms with Crippen molar-refractivity contribution in [1.82, 2.24) is 15.2 Å². The van der Waals surface area contributed by atoms with Crippen molar-refractivity contribution in [1.29, 1.82) is 0 Å². The largest absolute Gasteiger partial charge is 0.478 e. The first-order valence-electron chi connectivity index (χ1n) is 6.21. The summed E-state index contributed by atoms with van der Waals surface area (Å²) in [6.45, 7) is 1.57. The van der Waals surface area contributed by atoms with E-state index < -0.39 is 17.9 Å². The highest BCUT2D eigenvalue weighted by Gasteiger charge is 2.19. The number of likely N-dealkylation sites (N-methyl/N-ethyl adjacent to an activating group) is 1. The zero-order valence-corrected chi connectivity index (χ0v) is 12.0. The van der Waals surface area contributed by atoms with Gasteiger partial charge >= 0.3 is 5.97 Å². The first-order chi connectivity index (χ1) is 9.82. The van der Waals surface area contributed by atoms with Gasteiger partial charge in [0.1, 0.15) is 11.7 Å². The lowest BCUT2D eigenvalue weighted by Gasteiger charge is -2.18. The molecule has 0 aromatic carbocycles. The SMILES string of the molecule is CC(NC(=O)c1ncccc1/C=C/C(=O)O)C(=O)N(C)C. The van der Waals surface area contributed by atoms with Gasteiger partial charge in [-0.15, -0.1) is 0 Å². The Morgan fingerprint density at radius 2 is 2.05 bits per heavy atom. The van der Waals surface area contributed by atoms with E-state index in [1.807, 2.05) is 0 Å². The third-order valence-corrected chi connectivity index (χ3v) is 2.62. The van der Waals surface area contributed by atoms with E-state index in [0.717, 1.165) is 6.08 Å². The molecule has 0 aliphatic rings. The van der Waals surface area contributed by atoms with Crippen molar-refractivity contribution in [2.75, 3.05) is 14.1 Å². The summed E-state index contributed by atoms with van der Waals surface area (Å²) in [6.07, 6.45) is 3.62. The Morgan fingerprint density at radius 3 is 2.62 bits per heavy atom. The third kappa shape index (κ3) is 4.72.